The van der Waals surface area contributed by atoms with Gasteiger partial charge in [0.2, 0.25) is 0 Å². The lowest BCUT2D eigenvalue weighted by Crippen LogP contribution is -2.31. The number of pyridine rings is 1. The summed E-state index contributed by atoms with van der Waals surface area (Å²) < 4.78 is 0. The zero-order chi connectivity index (χ0) is 11.4. The van der Waals surface area contributed by atoms with Gasteiger partial charge in [-0.1, -0.05) is 6.92 Å². The third kappa shape index (κ3) is 2.60. The van der Waals surface area contributed by atoms with Crippen molar-refractivity contribution in [2.45, 2.75) is 26.2 Å². The molecule has 0 N–H and O–H groups in total. The van der Waals surface area contributed by atoms with Gasteiger partial charge in [0.15, 0.2) is 0 Å². The molecule has 1 saturated heterocycles. The van der Waals surface area contributed by atoms with Gasteiger partial charge in [0, 0.05) is 31.0 Å². The molecule has 1 aromatic heterocycles. The molecule has 2 heterocycles. The van der Waals surface area contributed by atoms with Gasteiger partial charge in [-0.2, -0.15) is 0 Å². The number of carbonyl (C=O) groups excluding carboxylic acids is 1. The van der Waals surface area contributed by atoms with E-state index >= 15 is 0 Å². The topological polar surface area (TPSA) is 33.2 Å². The number of hydrogen-bond acceptors (Lipinski definition) is 2. The summed E-state index contributed by atoms with van der Waals surface area (Å²) in [4.78, 5) is 18.1. The van der Waals surface area contributed by atoms with Crippen LogP contribution in [0.5, 0.6) is 0 Å². The average Bonchev–Trinajstić information content (AvgIpc) is 2.54. The Morgan fingerprint density at radius 3 is 2.81 bits per heavy atom. The standard InChI is InChI=1S/C13H18N2O/c1-11-3-2-9-15(10-6-11)13(16)12-4-7-14-8-5-12/h4-5,7-8,11H,2-3,6,9-10H2,1H3. The third-order valence-electron chi connectivity index (χ3n) is 3.23. The molecular formula is C13H18N2O. The molecule has 2 rings (SSSR count). The fourth-order valence-corrected chi connectivity index (χ4v) is 2.14. The van der Waals surface area contributed by atoms with Crippen LogP contribution in [0.4, 0.5) is 0 Å². The van der Waals surface area contributed by atoms with Crippen molar-refractivity contribution < 1.29 is 4.79 Å². The minimum Gasteiger partial charge on any atom is -0.339 e. The molecule has 3 nitrogen and oxygen atoms in total. The number of aromatic nitrogens is 1. The van der Waals surface area contributed by atoms with Crippen LogP contribution in [0.25, 0.3) is 0 Å². The van der Waals surface area contributed by atoms with Crippen molar-refractivity contribution >= 4 is 5.91 Å². The summed E-state index contributed by atoms with van der Waals surface area (Å²) in [7, 11) is 0. The van der Waals surface area contributed by atoms with E-state index in [2.05, 4.69) is 11.9 Å². The van der Waals surface area contributed by atoms with Crippen LogP contribution in [0.1, 0.15) is 36.5 Å². The van der Waals surface area contributed by atoms with Gasteiger partial charge in [0.25, 0.3) is 5.91 Å². The van der Waals surface area contributed by atoms with Gasteiger partial charge in [0.05, 0.1) is 0 Å². The Morgan fingerprint density at radius 2 is 2.06 bits per heavy atom. The summed E-state index contributed by atoms with van der Waals surface area (Å²) >= 11 is 0. The molecule has 1 aromatic rings. The van der Waals surface area contributed by atoms with E-state index in [-0.39, 0.29) is 5.91 Å². The molecule has 1 amide bonds. The van der Waals surface area contributed by atoms with Gasteiger partial charge in [-0.25, -0.2) is 0 Å². The van der Waals surface area contributed by atoms with Crippen molar-refractivity contribution in [2.75, 3.05) is 13.1 Å². The smallest absolute Gasteiger partial charge is 0.253 e. The van der Waals surface area contributed by atoms with E-state index in [4.69, 9.17) is 0 Å². The van der Waals surface area contributed by atoms with Crippen LogP contribution in [0.3, 0.4) is 0 Å². The molecule has 1 atom stereocenters. The van der Waals surface area contributed by atoms with Crippen molar-refractivity contribution in [3.8, 4) is 0 Å². The fourth-order valence-electron chi connectivity index (χ4n) is 2.14. The van der Waals surface area contributed by atoms with E-state index in [0.717, 1.165) is 37.4 Å². The Hall–Kier alpha value is -1.38. The Balaban J connectivity index is 2.04. The molecule has 86 valence electrons. The largest absolute Gasteiger partial charge is 0.339 e. The molecule has 16 heavy (non-hydrogen) atoms. The maximum atomic E-state index is 12.2. The van der Waals surface area contributed by atoms with Crippen molar-refractivity contribution in [3.63, 3.8) is 0 Å². The quantitative estimate of drug-likeness (QED) is 0.725. The van der Waals surface area contributed by atoms with Crippen molar-refractivity contribution in [3.05, 3.63) is 30.1 Å². The van der Waals surface area contributed by atoms with Crippen molar-refractivity contribution in [1.82, 2.24) is 9.88 Å². The predicted octanol–water partition coefficient (Wildman–Crippen LogP) is 2.34. The van der Waals surface area contributed by atoms with E-state index in [1.165, 1.54) is 6.42 Å². The van der Waals surface area contributed by atoms with Crippen LogP contribution in [0, 0.1) is 5.92 Å². The summed E-state index contributed by atoms with van der Waals surface area (Å²) in [6.07, 6.45) is 6.83. The summed E-state index contributed by atoms with van der Waals surface area (Å²) in [6, 6.07) is 3.58. The molecule has 1 fully saturated rings. The van der Waals surface area contributed by atoms with E-state index < -0.39 is 0 Å². The molecule has 0 saturated carbocycles. The van der Waals surface area contributed by atoms with Crippen LogP contribution in [0.2, 0.25) is 0 Å². The zero-order valence-electron chi connectivity index (χ0n) is 9.72. The number of carbonyl (C=O) groups is 1. The van der Waals surface area contributed by atoms with E-state index in [1.807, 2.05) is 4.90 Å². The first kappa shape index (κ1) is 11.1. The first-order chi connectivity index (χ1) is 7.77. The summed E-state index contributed by atoms with van der Waals surface area (Å²) in [5.74, 6) is 0.895. The zero-order valence-corrected chi connectivity index (χ0v) is 9.72. The monoisotopic (exact) mass is 218 g/mol. The number of nitrogens with zero attached hydrogens (tertiary/aromatic N) is 2. The molecule has 1 unspecified atom stereocenters. The molecule has 0 aliphatic carbocycles. The highest BCUT2D eigenvalue weighted by molar-refractivity contribution is 5.94. The van der Waals surface area contributed by atoms with Crippen LogP contribution in [-0.4, -0.2) is 28.9 Å². The molecule has 0 radical (unpaired) electrons. The van der Waals surface area contributed by atoms with Gasteiger partial charge in [-0.05, 0) is 37.3 Å². The summed E-state index contributed by atoms with van der Waals surface area (Å²) in [6.45, 7) is 4.05. The van der Waals surface area contributed by atoms with E-state index in [1.54, 1.807) is 24.5 Å². The number of hydrogen-bond donors (Lipinski definition) is 0. The fraction of sp³-hybridized carbons (Fsp3) is 0.538. The lowest BCUT2D eigenvalue weighted by Gasteiger charge is -2.20. The number of rotatable bonds is 1. The molecule has 1 aliphatic heterocycles. The highest BCUT2D eigenvalue weighted by atomic mass is 16.2. The van der Waals surface area contributed by atoms with Gasteiger partial charge in [0.1, 0.15) is 0 Å². The van der Waals surface area contributed by atoms with Crippen molar-refractivity contribution in [1.29, 1.82) is 0 Å². The van der Waals surface area contributed by atoms with Crippen molar-refractivity contribution in [2.24, 2.45) is 5.92 Å². The van der Waals surface area contributed by atoms with Gasteiger partial charge in [-0.3, -0.25) is 9.78 Å². The van der Waals surface area contributed by atoms with Gasteiger partial charge in [-0.15, -0.1) is 0 Å². The van der Waals surface area contributed by atoms with Crippen LogP contribution < -0.4 is 0 Å². The predicted molar refractivity (Wildman–Crippen MR) is 63.2 cm³/mol. The Morgan fingerprint density at radius 1 is 1.31 bits per heavy atom. The molecule has 0 spiro atoms. The number of likely N-dealkylation sites (tertiary alicyclic amines) is 1. The van der Waals surface area contributed by atoms with Crippen LogP contribution in [-0.2, 0) is 0 Å². The van der Waals surface area contributed by atoms with E-state index in [9.17, 15) is 4.79 Å². The molecule has 0 aromatic carbocycles. The lowest BCUT2D eigenvalue weighted by atomic mass is 10.0. The highest BCUT2D eigenvalue weighted by Gasteiger charge is 2.19. The lowest BCUT2D eigenvalue weighted by molar-refractivity contribution is 0.0760. The SMILES string of the molecule is CC1CCCN(C(=O)c2ccncc2)CC1. The first-order valence-corrected chi connectivity index (χ1v) is 5.96. The third-order valence-corrected chi connectivity index (χ3v) is 3.23. The summed E-state index contributed by atoms with van der Waals surface area (Å²) in [5, 5.41) is 0. The molecule has 3 heteroatoms. The Kier molecular flexibility index (Phi) is 3.54. The minimum absolute atomic E-state index is 0.150. The number of amides is 1. The second-order valence-corrected chi connectivity index (χ2v) is 4.56. The van der Waals surface area contributed by atoms with Gasteiger partial charge >= 0.3 is 0 Å². The second-order valence-electron chi connectivity index (χ2n) is 4.56. The average molecular weight is 218 g/mol. The maximum Gasteiger partial charge on any atom is 0.253 e. The van der Waals surface area contributed by atoms with Gasteiger partial charge < -0.3 is 4.90 Å². The highest BCUT2D eigenvalue weighted by Crippen LogP contribution is 2.17. The van der Waals surface area contributed by atoms with Crippen LogP contribution in [0.15, 0.2) is 24.5 Å². The van der Waals surface area contributed by atoms with Crippen LogP contribution >= 0.6 is 0 Å². The normalized spacial score (nSPS) is 21.6. The summed E-state index contributed by atoms with van der Waals surface area (Å²) in [5.41, 5.74) is 0.754. The first-order valence-electron chi connectivity index (χ1n) is 5.96. The Labute approximate surface area is 96.5 Å². The second kappa shape index (κ2) is 5.10. The molecule has 0 bridgehead atoms. The molecular weight excluding hydrogens is 200 g/mol. The Bertz CT molecular complexity index is 350. The molecule has 1 aliphatic rings. The minimum atomic E-state index is 0.150. The maximum absolute atomic E-state index is 12.2. The van der Waals surface area contributed by atoms with E-state index in [0.29, 0.717) is 0 Å².